The predicted molar refractivity (Wildman–Crippen MR) is 68.7 cm³/mol. The molecule has 0 saturated carbocycles. The van der Waals surface area contributed by atoms with Gasteiger partial charge in [-0.05, 0) is 57.4 Å². The van der Waals surface area contributed by atoms with E-state index in [0.717, 1.165) is 31.8 Å². The molecule has 16 heavy (non-hydrogen) atoms. The van der Waals surface area contributed by atoms with Gasteiger partial charge in [-0.15, -0.1) is 11.8 Å². The molecule has 2 saturated heterocycles. The van der Waals surface area contributed by atoms with Gasteiger partial charge in [-0.3, -0.25) is 4.79 Å². The van der Waals surface area contributed by atoms with Crippen LogP contribution in [0.1, 0.15) is 32.6 Å². The first kappa shape index (κ1) is 12.2. The number of rotatable bonds is 3. The normalized spacial score (nSPS) is 34.9. The molecule has 3 nitrogen and oxygen atoms in total. The summed E-state index contributed by atoms with van der Waals surface area (Å²) in [7, 11) is 0. The van der Waals surface area contributed by atoms with Gasteiger partial charge in [-0.2, -0.15) is 0 Å². The minimum absolute atomic E-state index is 0.151. The molecular formula is C12H22N2OS. The Balaban J connectivity index is 1.74. The minimum Gasteiger partial charge on any atom is -0.355 e. The second-order valence-corrected chi connectivity index (χ2v) is 6.70. The molecule has 2 N–H and O–H groups in total. The highest BCUT2D eigenvalue weighted by Gasteiger charge is 2.37. The molecular weight excluding hydrogens is 220 g/mol. The third kappa shape index (κ3) is 2.92. The molecule has 2 fully saturated rings. The lowest BCUT2D eigenvalue weighted by atomic mass is 9.99. The van der Waals surface area contributed by atoms with Crippen molar-refractivity contribution < 1.29 is 4.79 Å². The maximum Gasteiger partial charge on any atom is 0.235 e. The number of hydrogen-bond donors (Lipinski definition) is 2. The number of piperidine rings is 1. The molecule has 2 heterocycles. The SMILES string of the molecule is CC1(C(=O)NCC2CCCNC2)CCCS1. The Labute approximate surface area is 102 Å². The average Bonchev–Trinajstić information content (AvgIpc) is 2.76. The molecule has 0 aromatic carbocycles. The maximum absolute atomic E-state index is 12.1. The van der Waals surface area contributed by atoms with Crippen LogP contribution in [0.3, 0.4) is 0 Å². The minimum atomic E-state index is -0.151. The van der Waals surface area contributed by atoms with Gasteiger partial charge < -0.3 is 10.6 Å². The van der Waals surface area contributed by atoms with Crippen molar-refractivity contribution in [3.8, 4) is 0 Å². The van der Waals surface area contributed by atoms with Gasteiger partial charge >= 0.3 is 0 Å². The number of hydrogen-bond acceptors (Lipinski definition) is 3. The van der Waals surface area contributed by atoms with Crippen molar-refractivity contribution >= 4 is 17.7 Å². The fourth-order valence-corrected chi connectivity index (χ4v) is 3.71. The number of carbonyl (C=O) groups is 1. The van der Waals surface area contributed by atoms with Gasteiger partial charge in [0.15, 0.2) is 0 Å². The highest BCUT2D eigenvalue weighted by molar-refractivity contribution is 8.01. The number of thioether (sulfide) groups is 1. The van der Waals surface area contributed by atoms with E-state index in [0.29, 0.717) is 5.92 Å². The molecule has 2 aliphatic rings. The van der Waals surface area contributed by atoms with Crippen LogP contribution in [0.15, 0.2) is 0 Å². The first-order chi connectivity index (χ1) is 7.71. The summed E-state index contributed by atoms with van der Waals surface area (Å²) in [5.41, 5.74) is 0. The zero-order chi connectivity index (χ0) is 11.4. The van der Waals surface area contributed by atoms with Gasteiger partial charge in [-0.1, -0.05) is 0 Å². The van der Waals surface area contributed by atoms with E-state index >= 15 is 0 Å². The molecule has 2 aliphatic heterocycles. The molecule has 1 amide bonds. The van der Waals surface area contributed by atoms with Crippen LogP contribution >= 0.6 is 11.8 Å². The lowest BCUT2D eigenvalue weighted by molar-refractivity contribution is -0.123. The Morgan fingerprint density at radius 2 is 2.44 bits per heavy atom. The van der Waals surface area contributed by atoms with E-state index in [1.165, 1.54) is 19.3 Å². The molecule has 0 aliphatic carbocycles. The smallest absolute Gasteiger partial charge is 0.235 e. The van der Waals surface area contributed by atoms with Crippen molar-refractivity contribution in [1.82, 2.24) is 10.6 Å². The van der Waals surface area contributed by atoms with E-state index in [1.807, 2.05) is 11.8 Å². The third-order valence-corrected chi connectivity index (χ3v) is 5.17. The van der Waals surface area contributed by atoms with Crippen molar-refractivity contribution in [3.63, 3.8) is 0 Å². The van der Waals surface area contributed by atoms with Gasteiger partial charge in [0.05, 0.1) is 4.75 Å². The van der Waals surface area contributed by atoms with Crippen molar-refractivity contribution in [1.29, 1.82) is 0 Å². The molecule has 0 aromatic rings. The molecule has 2 rings (SSSR count). The lowest BCUT2D eigenvalue weighted by Crippen LogP contribution is -2.44. The summed E-state index contributed by atoms with van der Waals surface area (Å²) in [6, 6.07) is 0. The summed E-state index contributed by atoms with van der Waals surface area (Å²) in [5, 5.41) is 6.52. The Kier molecular flexibility index (Phi) is 4.14. The summed E-state index contributed by atoms with van der Waals surface area (Å²) >= 11 is 1.81. The predicted octanol–water partition coefficient (Wildman–Crippen LogP) is 1.39. The van der Waals surface area contributed by atoms with Gasteiger partial charge in [0.2, 0.25) is 5.91 Å². The monoisotopic (exact) mass is 242 g/mol. The van der Waals surface area contributed by atoms with Crippen molar-refractivity contribution in [2.24, 2.45) is 5.92 Å². The first-order valence-corrected chi connectivity index (χ1v) is 7.32. The van der Waals surface area contributed by atoms with Crippen LogP contribution in [0, 0.1) is 5.92 Å². The standard InChI is InChI=1S/C12H22N2OS/c1-12(5-3-7-16-12)11(15)14-9-10-4-2-6-13-8-10/h10,13H,2-9H2,1H3,(H,14,15). The van der Waals surface area contributed by atoms with Gasteiger partial charge in [0.1, 0.15) is 0 Å². The third-order valence-electron chi connectivity index (χ3n) is 3.65. The van der Waals surface area contributed by atoms with Crippen molar-refractivity contribution in [2.75, 3.05) is 25.4 Å². The molecule has 4 heteroatoms. The second-order valence-electron chi connectivity index (χ2n) is 5.11. The zero-order valence-electron chi connectivity index (χ0n) is 10.1. The van der Waals surface area contributed by atoms with Gasteiger partial charge in [-0.25, -0.2) is 0 Å². The van der Waals surface area contributed by atoms with Crippen LogP contribution in [0.4, 0.5) is 0 Å². The molecule has 0 radical (unpaired) electrons. The molecule has 2 unspecified atom stereocenters. The number of carbonyl (C=O) groups excluding carboxylic acids is 1. The highest BCUT2D eigenvalue weighted by atomic mass is 32.2. The van der Waals surface area contributed by atoms with Crippen molar-refractivity contribution in [3.05, 3.63) is 0 Å². The molecule has 0 bridgehead atoms. The van der Waals surface area contributed by atoms with E-state index in [1.54, 1.807) is 0 Å². The van der Waals surface area contributed by atoms with Gasteiger partial charge in [0.25, 0.3) is 0 Å². The fourth-order valence-electron chi connectivity index (χ4n) is 2.48. The van der Waals surface area contributed by atoms with Gasteiger partial charge in [0, 0.05) is 6.54 Å². The van der Waals surface area contributed by atoms with Crippen molar-refractivity contribution in [2.45, 2.75) is 37.4 Å². The van der Waals surface area contributed by atoms with E-state index in [2.05, 4.69) is 17.6 Å². The Morgan fingerprint density at radius 3 is 3.06 bits per heavy atom. The topological polar surface area (TPSA) is 41.1 Å². The molecule has 2 atom stereocenters. The summed E-state index contributed by atoms with van der Waals surface area (Å²) in [6.07, 6.45) is 4.70. The van der Waals surface area contributed by atoms with Crippen LogP contribution in [-0.4, -0.2) is 36.0 Å². The summed E-state index contributed by atoms with van der Waals surface area (Å²) < 4.78 is -0.151. The zero-order valence-corrected chi connectivity index (χ0v) is 10.9. The van der Waals surface area contributed by atoms with Crippen LogP contribution in [0.5, 0.6) is 0 Å². The molecule has 92 valence electrons. The number of nitrogens with one attached hydrogen (secondary N) is 2. The Hall–Kier alpha value is -0.220. The van der Waals surface area contributed by atoms with E-state index in [4.69, 9.17) is 0 Å². The second kappa shape index (κ2) is 5.41. The Bertz CT molecular complexity index is 245. The lowest BCUT2D eigenvalue weighted by Gasteiger charge is -2.26. The van der Waals surface area contributed by atoms with E-state index < -0.39 is 0 Å². The quantitative estimate of drug-likeness (QED) is 0.786. The molecule has 0 aromatic heterocycles. The number of amides is 1. The van der Waals surface area contributed by atoms with E-state index in [-0.39, 0.29) is 10.7 Å². The summed E-state index contributed by atoms with van der Waals surface area (Å²) in [5.74, 6) is 2.02. The summed E-state index contributed by atoms with van der Waals surface area (Å²) in [4.78, 5) is 12.1. The van der Waals surface area contributed by atoms with Crippen LogP contribution in [-0.2, 0) is 4.79 Å². The maximum atomic E-state index is 12.1. The van der Waals surface area contributed by atoms with Crippen LogP contribution < -0.4 is 10.6 Å². The first-order valence-electron chi connectivity index (χ1n) is 6.34. The average molecular weight is 242 g/mol. The summed E-state index contributed by atoms with van der Waals surface area (Å²) in [6.45, 7) is 5.13. The van der Waals surface area contributed by atoms with Crippen LogP contribution in [0.2, 0.25) is 0 Å². The molecule has 0 spiro atoms. The Morgan fingerprint density at radius 1 is 1.56 bits per heavy atom. The van der Waals surface area contributed by atoms with Crippen LogP contribution in [0.25, 0.3) is 0 Å². The van der Waals surface area contributed by atoms with E-state index in [9.17, 15) is 4.79 Å². The largest absolute Gasteiger partial charge is 0.355 e. The fraction of sp³-hybridized carbons (Fsp3) is 0.917. The highest BCUT2D eigenvalue weighted by Crippen LogP contribution is 2.37.